The van der Waals surface area contributed by atoms with E-state index < -0.39 is 0 Å². The Morgan fingerprint density at radius 1 is 1.07 bits per heavy atom. The molecule has 0 aliphatic carbocycles. The van der Waals surface area contributed by atoms with Gasteiger partial charge in [0.2, 0.25) is 5.91 Å². The maximum absolute atomic E-state index is 12.1. The Morgan fingerprint density at radius 3 is 2.52 bits per heavy atom. The van der Waals surface area contributed by atoms with Crippen LogP contribution in [0.5, 0.6) is 0 Å². The van der Waals surface area contributed by atoms with Crippen molar-refractivity contribution in [2.75, 3.05) is 25.5 Å². The quantitative estimate of drug-likeness (QED) is 0.407. The van der Waals surface area contributed by atoms with E-state index >= 15 is 0 Å². The minimum atomic E-state index is -0.288. The Kier molecular flexibility index (Phi) is 10.3. The number of benzene rings is 1. The molecule has 1 aromatic rings. The van der Waals surface area contributed by atoms with Crippen molar-refractivity contribution < 1.29 is 19.4 Å². The van der Waals surface area contributed by atoms with Gasteiger partial charge in [0, 0.05) is 13.2 Å². The third kappa shape index (κ3) is 7.93. The Labute approximate surface area is 166 Å². The summed E-state index contributed by atoms with van der Waals surface area (Å²) in [5, 5.41) is 8.98. The van der Waals surface area contributed by atoms with Gasteiger partial charge in [0.05, 0.1) is 23.3 Å². The van der Waals surface area contributed by atoms with Gasteiger partial charge in [0.1, 0.15) is 0 Å². The van der Waals surface area contributed by atoms with E-state index in [0.29, 0.717) is 17.9 Å². The van der Waals surface area contributed by atoms with Crippen LogP contribution in [0.2, 0.25) is 0 Å². The van der Waals surface area contributed by atoms with Gasteiger partial charge in [-0.25, -0.2) is 4.79 Å². The van der Waals surface area contributed by atoms with Gasteiger partial charge < -0.3 is 14.7 Å². The highest BCUT2D eigenvalue weighted by molar-refractivity contribution is 8.00. The molecule has 0 spiro atoms. The van der Waals surface area contributed by atoms with Gasteiger partial charge in [-0.3, -0.25) is 4.79 Å². The number of ether oxygens (including phenoxy) is 1. The second kappa shape index (κ2) is 12.8. The zero-order valence-corrected chi connectivity index (χ0v) is 16.8. The number of thioether (sulfide) groups is 1. The number of carbonyl (C=O) groups excluding carboxylic acids is 2. The van der Waals surface area contributed by atoms with E-state index in [-0.39, 0.29) is 23.9 Å². The van der Waals surface area contributed by atoms with Crippen molar-refractivity contribution in [1.29, 1.82) is 0 Å². The van der Waals surface area contributed by atoms with E-state index in [9.17, 15) is 9.59 Å². The van der Waals surface area contributed by atoms with Crippen molar-refractivity contribution in [2.24, 2.45) is 0 Å². The summed E-state index contributed by atoms with van der Waals surface area (Å²) in [5.74, 6) is 0.501. The number of rotatable bonds is 13. The Bertz CT molecular complexity index is 567. The molecule has 1 saturated heterocycles. The smallest absolute Gasteiger partial charge is 0.338 e. The molecule has 1 amide bonds. The highest BCUT2D eigenvalue weighted by atomic mass is 32.2. The normalized spacial score (nSPS) is 16.7. The van der Waals surface area contributed by atoms with Crippen molar-refractivity contribution in [2.45, 2.75) is 56.7 Å². The third-order valence-electron chi connectivity index (χ3n) is 4.71. The number of hydrogen-bond acceptors (Lipinski definition) is 5. The topological polar surface area (TPSA) is 66.8 Å². The van der Waals surface area contributed by atoms with E-state index in [1.54, 1.807) is 23.9 Å². The number of amides is 1. The number of carbonyl (C=O) groups is 2. The SMILES string of the molecule is O=C(OCCCC1SCC(=O)N1CCCCCCCCO)c1ccccc1. The first kappa shape index (κ1) is 21.8. The van der Waals surface area contributed by atoms with Gasteiger partial charge in [-0.2, -0.15) is 0 Å². The maximum Gasteiger partial charge on any atom is 0.338 e. The molecule has 27 heavy (non-hydrogen) atoms. The van der Waals surface area contributed by atoms with Crippen LogP contribution in [0, 0.1) is 0 Å². The summed E-state index contributed by atoms with van der Waals surface area (Å²) >= 11 is 1.70. The number of nitrogens with zero attached hydrogens (tertiary/aromatic N) is 1. The molecule has 5 nitrogen and oxygen atoms in total. The Hall–Kier alpha value is -1.53. The molecule has 1 unspecified atom stereocenters. The van der Waals surface area contributed by atoms with Crippen LogP contribution in [0.15, 0.2) is 30.3 Å². The molecule has 6 heteroatoms. The molecule has 150 valence electrons. The zero-order chi connectivity index (χ0) is 19.3. The van der Waals surface area contributed by atoms with Crippen LogP contribution in [0.3, 0.4) is 0 Å². The molecule has 2 rings (SSSR count). The average molecular weight is 394 g/mol. The minimum absolute atomic E-state index is 0.210. The van der Waals surface area contributed by atoms with Crippen LogP contribution in [-0.2, 0) is 9.53 Å². The lowest BCUT2D eigenvalue weighted by Gasteiger charge is -2.23. The highest BCUT2D eigenvalue weighted by Crippen LogP contribution is 2.28. The molecule has 1 aliphatic heterocycles. The van der Waals surface area contributed by atoms with Crippen LogP contribution in [0.4, 0.5) is 0 Å². The number of esters is 1. The first-order valence-corrected chi connectivity index (χ1v) is 11.0. The van der Waals surface area contributed by atoms with Crippen molar-refractivity contribution in [3.63, 3.8) is 0 Å². The average Bonchev–Trinajstić information content (AvgIpc) is 3.04. The number of aliphatic hydroxyl groups is 1. The summed E-state index contributed by atoms with van der Waals surface area (Å²) in [6, 6.07) is 9.01. The molecule has 1 aromatic carbocycles. The van der Waals surface area contributed by atoms with Gasteiger partial charge in [0.15, 0.2) is 0 Å². The van der Waals surface area contributed by atoms with E-state index in [1.165, 1.54) is 0 Å². The van der Waals surface area contributed by atoms with E-state index in [2.05, 4.69) is 0 Å². The lowest BCUT2D eigenvalue weighted by Crippen LogP contribution is -2.33. The van der Waals surface area contributed by atoms with Gasteiger partial charge in [-0.15, -0.1) is 11.8 Å². The number of unbranched alkanes of at least 4 members (excludes halogenated alkanes) is 5. The lowest BCUT2D eigenvalue weighted by atomic mass is 10.1. The number of hydrogen-bond donors (Lipinski definition) is 1. The predicted octanol–water partition coefficient (Wildman–Crippen LogP) is 3.86. The minimum Gasteiger partial charge on any atom is -0.462 e. The van der Waals surface area contributed by atoms with Crippen LogP contribution in [-0.4, -0.2) is 52.8 Å². The molecule has 1 atom stereocenters. The first-order valence-electron chi connectivity index (χ1n) is 9.96. The molecular formula is C21H31NO4S. The van der Waals surface area contributed by atoms with Crippen LogP contribution >= 0.6 is 11.8 Å². The summed E-state index contributed by atoms with van der Waals surface area (Å²) in [7, 11) is 0. The summed E-state index contributed by atoms with van der Waals surface area (Å²) in [4.78, 5) is 26.0. The van der Waals surface area contributed by atoms with Gasteiger partial charge in [-0.1, -0.05) is 43.9 Å². The summed E-state index contributed by atoms with van der Waals surface area (Å²) < 4.78 is 5.33. The van der Waals surface area contributed by atoms with Gasteiger partial charge in [0.25, 0.3) is 0 Å². The largest absolute Gasteiger partial charge is 0.462 e. The molecule has 0 aromatic heterocycles. The van der Waals surface area contributed by atoms with Crippen molar-refractivity contribution >= 4 is 23.6 Å². The monoisotopic (exact) mass is 393 g/mol. The molecule has 0 saturated carbocycles. The zero-order valence-electron chi connectivity index (χ0n) is 16.0. The van der Waals surface area contributed by atoms with Crippen molar-refractivity contribution in [1.82, 2.24) is 4.90 Å². The molecule has 1 N–H and O–H groups in total. The third-order valence-corrected chi connectivity index (χ3v) is 6.00. The van der Waals surface area contributed by atoms with Crippen LogP contribution in [0.1, 0.15) is 61.7 Å². The molecule has 1 heterocycles. The fourth-order valence-corrected chi connectivity index (χ4v) is 4.43. The number of aliphatic hydroxyl groups excluding tert-OH is 1. The van der Waals surface area contributed by atoms with E-state index in [1.807, 2.05) is 23.1 Å². The van der Waals surface area contributed by atoms with E-state index in [4.69, 9.17) is 9.84 Å². The van der Waals surface area contributed by atoms with Crippen molar-refractivity contribution in [3.8, 4) is 0 Å². The van der Waals surface area contributed by atoms with Gasteiger partial charge in [-0.05, 0) is 37.8 Å². The summed E-state index contributed by atoms with van der Waals surface area (Å²) in [5.41, 5.74) is 0.573. The van der Waals surface area contributed by atoms with Crippen molar-refractivity contribution in [3.05, 3.63) is 35.9 Å². The Balaban J connectivity index is 1.60. The van der Waals surface area contributed by atoms with Crippen LogP contribution in [0.25, 0.3) is 0 Å². The van der Waals surface area contributed by atoms with E-state index in [0.717, 1.165) is 57.9 Å². The maximum atomic E-state index is 12.1. The second-order valence-corrected chi connectivity index (χ2v) is 8.01. The Morgan fingerprint density at radius 2 is 1.78 bits per heavy atom. The first-order chi connectivity index (χ1) is 13.2. The molecule has 0 radical (unpaired) electrons. The predicted molar refractivity (Wildman–Crippen MR) is 109 cm³/mol. The standard InChI is InChI=1S/C21H31NO4S/c23-15-9-4-2-1-3-8-14-22-19(24)17-27-20(22)13-10-16-26-21(25)18-11-6-5-7-12-18/h5-7,11-12,20,23H,1-4,8-10,13-17H2. The summed E-state index contributed by atoms with van der Waals surface area (Å²) in [6.07, 6.45) is 8.06. The highest BCUT2D eigenvalue weighted by Gasteiger charge is 2.30. The summed E-state index contributed by atoms with van der Waals surface area (Å²) in [6.45, 7) is 1.49. The van der Waals surface area contributed by atoms with Gasteiger partial charge >= 0.3 is 5.97 Å². The fourth-order valence-electron chi connectivity index (χ4n) is 3.19. The molecule has 1 fully saturated rings. The molecule has 1 aliphatic rings. The lowest BCUT2D eigenvalue weighted by molar-refractivity contribution is -0.128. The van der Waals surface area contributed by atoms with Crippen LogP contribution < -0.4 is 0 Å². The molecular weight excluding hydrogens is 362 g/mol. The molecule has 0 bridgehead atoms. The second-order valence-electron chi connectivity index (χ2n) is 6.84. The fraction of sp³-hybridized carbons (Fsp3) is 0.619.